The fourth-order valence-corrected chi connectivity index (χ4v) is 4.41. The minimum atomic E-state index is -0.506. The van der Waals surface area contributed by atoms with Crippen molar-refractivity contribution in [3.05, 3.63) is 152 Å². The van der Waals surface area contributed by atoms with Crippen LogP contribution in [0.2, 0.25) is 0 Å². The molecule has 0 aliphatic carbocycles. The van der Waals surface area contributed by atoms with E-state index in [0.29, 0.717) is 17.1 Å². The Morgan fingerprint density at radius 2 is 0.952 bits per heavy atom. The third-order valence-corrected chi connectivity index (χ3v) is 6.58. The van der Waals surface area contributed by atoms with Crippen LogP contribution >= 0.6 is 0 Å². The number of hydrogen-bond donors (Lipinski definition) is 0. The van der Waals surface area contributed by atoms with Crippen LogP contribution in [-0.2, 0) is 9.59 Å². The van der Waals surface area contributed by atoms with Gasteiger partial charge in [-0.2, -0.15) is 0 Å². The summed E-state index contributed by atoms with van der Waals surface area (Å²) in [5.74, 6) is -0.0453. The van der Waals surface area contributed by atoms with Crippen molar-refractivity contribution in [1.82, 2.24) is 0 Å². The summed E-state index contributed by atoms with van der Waals surface area (Å²) in [5.41, 5.74) is 7.45. The molecule has 0 N–H and O–H groups in total. The third-order valence-electron chi connectivity index (χ3n) is 6.58. The zero-order valence-electron chi connectivity index (χ0n) is 23.2. The number of carbonyl (C=O) groups is 2. The highest BCUT2D eigenvalue weighted by atomic mass is 16.5. The quantitative estimate of drug-likeness (QED) is 0.104. The van der Waals surface area contributed by atoms with Crippen LogP contribution in [-0.4, -0.2) is 11.9 Å². The Morgan fingerprint density at radius 1 is 0.571 bits per heavy atom. The van der Waals surface area contributed by atoms with Crippen LogP contribution in [0, 0.1) is 0 Å². The lowest BCUT2D eigenvalue weighted by atomic mass is 10.0. The van der Waals surface area contributed by atoms with E-state index in [9.17, 15) is 9.59 Å². The summed E-state index contributed by atoms with van der Waals surface area (Å²) in [6.07, 6.45) is 1.14. The summed E-state index contributed by atoms with van der Waals surface area (Å²) < 4.78 is 10.6. The van der Waals surface area contributed by atoms with Crippen molar-refractivity contribution in [1.29, 1.82) is 0 Å². The van der Waals surface area contributed by atoms with Gasteiger partial charge >= 0.3 is 11.9 Å². The largest absolute Gasteiger partial charge is 0.423 e. The fourth-order valence-electron chi connectivity index (χ4n) is 4.41. The summed E-state index contributed by atoms with van der Waals surface area (Å²) in [7, 11) is 0. The van der Waals surface area contributed by atoms with Crippen molar-refractivity contribution in [2.75, 3.05) is 4.90 Å². The molecule has 0 saturated heterocycles. The van der Waals surface area contributed by atoms with E-state index in [1.54, 1.807) is 31.2 Å². The highest BCUT2D eigenvalue weighted by Crippen LogP contribution is 2.37. The van der Waals surface area contributed by atoms with Gasteiger partial charge in [0.15, 0.2) is 0 Å². The van der Waals surface area contributed by atoms with Crippen LogP contribution < -0.4 is 14.4 Å². The molecule has 5 aromatic carbocycles. The molecule has 0 spiro atoms. The number of anilines is 3. The first kappa shape index (κ1) is 27.9. The molecule has 0 saturated carbocycles. The minimum absolute atomic E-state index is 0.348. The SMILES string of the molecule is C=CC(=O)Oc1ccc(N(c2ccc(-c3ccccc3)cc2)c2ccc(-c3ccc(OC(=O)C(=C)C)cc3)cc2)cc1. The number of hydrogen-bond acceptors (Lipinski definition) is 5. The van der Waals surface area contributed by atoms with E-state index in [-0.39, 0.29) is 0 Å². The zero-order chi connectivity index (χ0) is 29.5. The Balaban J connectivity index is 1.45. The van der Waals surface area contributed by atoms with Gasteiger partial charge in [0, 0.05) is 28.7 Å². The fraction of sp³-hybridized carbons (Fsp3) is 0.0270. The lowest BCUT2D eigenvalue weighted by molar-refractivity contribution is -0.130. The maximum absolute atomic E-state index is 11.8. The normalized spacial score (nSPS) is 10.4. The maximum atomic E-state index is 11.8. The van der Waals surface area contributed by atoms with Crippen molar-refractivity contribution >= 4 is 29.0 Å². The minimum Gasteiger partial charge on any atom is -0.423 e. The first-order chi connectivity index (χ1) is 20.4. The average molecular weight is 552 g/mol. The van der Waals surface area contributed by atoms with Gasteiger partial charge in [-0.05, 0) is 89.8 Å². The van der Waals surface area contributed by atoms with E-state index in [0.717, 1.165) is 45.4 Å². The second-order valence-corrected chi connectivity index (χ2v) is 9.61. The zero-order valence-corrected chi connectivity index (χ0v) is 23.2. The van der Waals surface area contributed by atoms with E-state index in [2.05, 4.69) is 78.7 Å². The van der Waals surface area contributed by atoms with Gasteiger partial charge in [0.2, 0.25) is 0 Å². The predicted octanol–water partition coefficient (Wildman–Crippen LogP) is 9.06. The summed E-state index contributed by atoms with van der Waals surface area (Å²) >= 11 is 0. The number of carbonyl (C=O) groups excluding carboxylic acids is 2. The van der Waals surface area contributed by atoms with Gasteiger partial charge in [-0.15, -0.1) is 0 Å². The van der Waals surface area contributed by atoms with Gasteiger partial charge < -0.3 is 14.4 Å². The summed E-state index contributed by atoms with van der Waals surface area (Å²) in [6.45, 7) is 8.69. The molecule has 42 heavy (non-hydrogen) atoms. The van der Waals surface area contributed by atoms with Gasteiger partial charge in [0.1, 0.15) is 11.5 Å². The molecule has 0 aliphatic heterocycles. The van der Waals surface area contributed by atoms with Crippen molar-refractivity contribution < 1.29 is 19.1 Å². The first-order valence-corrected chi connectivity index (χ1v) is 13.4. The highest BCUT2D eigenvalue weighted by Gasteiger charge is 2.14. The monoisotopic (exact) mass is 551 g/mol. The van der Waals surface area contributed by atoms with Crippen LogP contribution in [0.4, 0.5) is 17.1 Å². The molecular formula is C37H29NO4. The van der Waals surface area contributed by atoms with E-state index in [1.165, 1.54) is 0 Å². The van der Waals surface area contributed by atoms with Gasteiger partial charge in [-0.1, -0.05) is 79.9 Å². The molecule has 0 aliphatic rings. The Hall–Kier alpha value is -5.68. The topological polar surface area (TPSA) is 55.8 Å². The van der Waals surface area contributed by atoms with Gasteiger partial charge in [-0.3, -0.25) is 0 Å². The van der Waals surface area contributed by atoms with Crippen LogP contribution in [0.3, 0.4) is 0 Å². The van der Waals surface area contributed by atoms with Gasteiger partial charge in [0.25, 0.3) is 0 Å². The molecular weight excluding hydrogens is 522 g/mol. The van der Waals surface area contributed by atoms with Crippen molar-refractivity contribution in [3.8, 4) is 33.8 Å². The molecule has 0 radical (unpaired) electrons. The predicted molar refractivity (Wildman–Crippen MR) is 168 cm³/mol. The molecule has 0 amide bonds. The summed E-state index contributed by atoms with van der Waals surface area (Å²) in [6, 6.07) is 41.6. The van der Waals surface area contributed by atoms with Crippen molar-refractivity contribution in [2.24, 2.45) is 0 Å². The molecule has 5 rings (SSSR count). The lowest BCUT2D eigenvalue weighted by Crippen LogP contribution is -2.10. The molecule has 0 heterocycles. The molecule has 0 bridgehead atoms. The van der Waals surface area contributed by atoms with Crippen LogP contribution in [0.25, 0.3) is 22.3 Å². The molecule has 0 fully saturated rings. The molecule has 0 aromatic heterocycles. The van der Waals surface area contributed by atoms with E-state index >= 15 is 0 Å². The number of benzene rings is 5. The Bertz CT molecular complexity index is 1710. The second kappa shape index (κ2) is 12.7. The van der Waals surface area contributed by atoms with Crippen LogP contribution in [0.5, 0.6) is 11.5 Å². The van der Waals surface area contributed by atoms with E-state index in [4.69, 9.17) is 9.47 Å². The Kier molecular flexibility index (Phi) is 8.40. The Labute approximate surface area is 245 Å². The smallest absolute Gasteiger partial charge is 0.338 e. The van der Waals surface area contributed by atoms with Crippen LogP contribution in [0.15, 0.2) is 152 Å². The third kappa shape index (κ3) is 6.54. The first-order valence-electron chi connectivity index (χ1n) is 13.4. The van der Waals surface area contributed by atoms with Gasteiger partial charge in [-0.25, -0.2) is 9.59 Å². The summed E-state index contributed by atoms with van der Waals surface area (Å²) in [4.78, 5) is 25.6. The number of nitrogens with zero attached hydrogens (tertiary/aromatic N) is 1. The van der Waals surface area contributed by atoms with Crippen molar-refractivity contribution in [3.63, 3.8) is 0 Å². The molecule has 0 unspecified atom stereocenters. The maximum Gasteiger partial charge on any atom is 0.338 e. The number of rotatable bonds is 9. The van der Waals surface area contributed by atoms with Gasteiger partial charge in [0.05, 0.1) is 0 Å². The summed E-state index contributed by atoms with van der Waals surface area (Å²) in [5, 5.41) is 0. The average Bonchev–Trinajstić information content (AvgIpc) is 3.03. The van der Waals surface area contributed by atoms with Crippen LogP contribution in [0.1, 0.15) is 6.92 Å². The molecule has 5 heteroatoms. The van der Waals surface area contributed by atoms with E-state index in [1.807, 2.05) is 42.5 Å². The molecule has 206 valence electrons. The lowest BCUT2D eigenvalue weighted by Gasteiger charge is -2.26. The molecule has 5 aromatic rings. The highest BCUT2D eigenvalue weighted by molar-refractivity contribution is 5.89. The standard InChI is InChI=1S/C37H29NO4/c1-4-36(39)41-34-24-20-33(21-25-34)38(31-16-10-28(11-17-31)27-8-6-5-7-9-27)32-18-12-29(13-19-32)30-14-22-35(23-15-30)42-37(40)26(2)3/h4-25H,1-2H2,3H3. The number of ether oxygens (including phenoxy) is 2. The molecule has 5 nitrogen and oxygen atoms in total. The Morgan fingerprint density at radius 3 is 1.40 bits per heavy atom. The van der Waals surface area contributed by atoms with Crippen molar-refractivity contribution in [2.45, 2.75) is 6.92 Å². The molecule has 0 atom stereocenters. The van der Waals surface area contributed by atoms with E-state index < -0.39 is 11.9 Å². The number of esters is 2. The second-order valence-electron chi connectivity index (χ2n) is 9.61.